The Morgan fingerprint density at radius 3 is 1.30 bits per heavy atom. The second-order valence-electron chi connectivity index (χ2n) is 17.8. The largest absolute Gasteiger partial charge is 0.453 e. The summed E-state index contributed by atoms with van der Waals surface area (Å²) in [4.78, 5) is 4.70. The van der Waals surface area contributed by atoms with Crippen molar-refractivity contribution in [3.05, 3.63) is 217 Å². The van der Waals surface area contributed by atoms with Gasteiger partial charge in [0.15, 0.2) is 23.0 Å². The second kappa shape index (κ2) is 13.7. The van der Waals surface area contributed by atoms with Crippen LogP contribution in [0, 0.1) is 6.92 Å². The van der Waals surface area contributed by atoms with Crippen molar-refractivity contribution < 1.29 is 9.47 Å². The fraction of sp³-hybridized carbons (Fsp3) is 0.0667. The van der Waals surface area contributed by atoms with Gasteiger partial charge < -0.3 is 19.3 Å². The first kappa shape index (κ1) is 36.6. The van der Waals surface area contributed by atoms with E-state index in [1.807, 2.05) is 24.3 Å². The van der Waals surface area contributed by atoms with Gasteiger partial charge >= 0.3 is 0 Å². The van der Waals surface area contributed by atoms with E-state index in [0.29, 0.717) is 0 Å². The Kier molecular flexibility index (Phi) is 7.83. The molecule has 10 aromatic carbocycles. The summed E-state index contributed by atoms with van der Waals surface area (Å²) in [6, 6.07) is 72.6. The SMILES string of the molecule is Cc1ccc(-c2c3ccc(N4c5ccccc5Oc5ccccc54)cc3c(-c3ccc4c(c3)C(C)(C)c3ccccc3-4)c3ccc(N4c5ccccc5Oc5ccccc54)cc23)cc1. The lowest BCUT2D eigenvalue weighted by atomic mass is 9.80. The minimum atomic E-state index is -0.161. The van der Waals surface area contributed by atoms with E-state index < -0.39 is 0 Å². The highest BCUT2D eigenvalue weighted by atomic mass is 16.5. The molecule has 2 aliphatic heterocycles. The van der Waals surface area contributed by atoms with Gasteiger partial charge in [0.1, 0.15) is 0 Å². The number of aryl methyl sites for hydroxylation is 1. The Bertz CT molecular complexity index is 3480. The molecular weight excluding hydrogens is 781 g/mol. The number of anilines is 6. The zero-order valence-corrected chi connectivity index (χ0v) is 35.8. The van der Waals surface area contributed by atoms with Crippen molar-refractivity contribution in [1.29, 1.82) is 0 Å². The van der Waals surface area contributed by atoms with E-state index in [0.717, 1.165) is 57.1 Å². The molecule has 3 aliphatic rings. The minimum Gasteiger partial charge on any atom is -0.453 e. The van der Waals surface area contributed by atoms with Crippen LogP contribution in [0.15, 0.2) is 200 Å². The van der Waals surface area contributed by atoms with Crippen molar-refractivity contribution in [3.63, 3.8) is 0 Å². The van der Waals surface area contributed by atoms with Crippen LogP contribution >= 0.6 is 0 Å². The first-order chi connectivity index (χ1) is 31.4. The molecule has 304 valence electrons. The van der Waals surface area contributed by atoms with E-state index in [9.17, 15) is 0 Å². The smallest absolute Gasteiger partial charge is 0.151 e. The molecule has 0 amide bonds. The lowest BCUT2D eigenvalue weighted by Crippen LogP contribution is -2.16. The molecule has 0 N–H and O–H groups in total. The molecule has 1 aliphatic carbocycles. The highest BCUT2D eigenvalue weighted by Gasteiger charge is 2.36. The second-order valence-corrected chi connectivity index (χ2v) is 17.8. The quantitative estimate of drug-likeness (QED) is 0.165. The first-order valence-corrected chi connectivity index (χ1v) is 22.1. The van der Waals surface area contributed by atoms with Gasteiger partial charge in [-0.3, -0.25) is 0 Å². The van der Waals surface area contributed by atoms with Gasteiger partial charge in [0.2, 0.25) is 0 Å². The summed E-state index contributed by atoms with van der Waals surface area (Å²) in [5.74, 6) is 3.33. The molecule has 0 saturated carbocycles. The van der Waals surface area contributed by atoms with E-state index in [2.05, 4.69) is 206 Å². The van der Waals surface area contributed by atoms with Crippen molar-refractivity contribution in [2.75, 3.05) is 9.80 Å². The highest BCUT2D eigenvalue weighted by molar-refractivity contribution is 6.23. The number of hydrogen-bond donors (Lipinski definition) is 0. The third-order valence-corrected chi connectivity index (χ3v) is 13.7. The molecule has 4 heteroatoms. The number of hydrogen-bond acceptors (Lipinski definition) is 4. The Balaban J connectivity index is 1.13. The average Bonchev–Trinajstić information content (AvgIpc) is 3.56. The molecule has 0 spiro atoms. The maximum atomic E-state index is 6.49. The number of rotatable bonds is 4. The van der Waals surface area contributed by atoms with Crippen molar-refractivity contribution in [2.45, 2.75) is 26.2 Å². The van der Waals surface area contributed by atoms with Crippen LogP contribution in [-0.2, 0) is 5.41 Å². The molecule has 10 aromatic rings. The maximum absolute atomic E-state index is 6.49. The van der Waals surface area contributed by atoms with E-state index in [-0.39, 0.29) is 5.41 Å². The monoisotopic (exact) mass is 822 g/mol. The summed E-state index contributed by atoms with van der Waals surface area (Å²) in [5, 5.41) is 4.75. The van der Waals surface area contributed by atoms with Crippen LogP contribution in [0.1, 0.15) is 30.5 Å². The zero-order chi connectivity index (χ0) is 42.7. The van der Waals surface area contributed by atoms with Gasteiger partial charge in [-0.2, -0.15) is 0 Å². The van der Waals surface area contributed by atoms with Crippen molar-refractivity contribution >= 4 is 55.7 Å². The molecule has 0 atom stereocenters. The molecule has 0 saturated heterocycles. The highest BCUT2D eigenvalue weighted by Crippen LogP contribution is 2.56. The van der Waals surface area contributed by atoms with E-state index in [1.54, 1.807) is 0 Å². The normalized spacial score (nSPS) is 13.9. The number of benzene rings is 10. The molecule has 4 nitrogen and oxygen atoms in total. The molecule has 2 heterocycles. The van der Waals surface area contributed by atoms with Crippen molar-refractivity contribution in [1.82, 2.24) is 0 Å². The summed E-state index contributed by atoms with van der Waals surface area (Å²) >= 11 is 0. The van der Waals surface area contributed by atoms with Gasteiger partial charge in [0.25, 0.3) is 0 Å². The molecule has 0 fully saturated rings. The summed E-state index contributed by atoms with van der Waals surface area (Å²) in [5.41, 5.74) is 17.4. The molecule has 0 bridgehead atoms. The number of para-hydroxylation sites is 8. The van der Waals surface area contributed by atoms with Crippen LogP contribution in [0.5, 0.6) is 23.0 Å². The number of nitrogens with zero attached hydrogens (tertiary/aromatic N) is 2. The van der Waals surface area contributed by atoms with Crippen LogP contribution < -0.4 is 19.3 Å². The van der Waals surface area contributed by atoms with Gasteiger partial charge in [-0.15, -0.1) is 0 Å². The predicted molar refractivity (Wildman–Crippen MR) is 264 cm³/mol. The Morgan fingerprint density at radius 1 is 0.359 bits per heavy atom. The summed E-state index contributed by atoms with van der Waals surface area (Å²) < 4.78 is 13.0. The standard InChI is InChI=1S/C60H42N2O2/c1-37-24-26-38(27-25-37)58-44-32-29-41(62-52-18-8-12-22-56(52)64-57-23-13-9-19-53(57)62)36-47(44)59(39-28-31-43-42-14-4-5-15-48(42)60(2,3)49(43)34-39)45-33-30-40(35-46(45)58)61-50-16-6-10-20-54(50)63-55-21-11-7-17-51(55)61/h4-36H,1-3H3. The average molecular weight is 823 g/mol. The topological polar surface area (TPSA) is 24.9 Å². The lowest BCUT2D eigenvalue weighted by Gasteiger charge is -2.33. The van der Waals surface area contributed by atoms with E-state index in [4.69, 9.17) is 9.47 Å². The number of fused-ring (bicyclic) bond motifs is 9. The first-order valence-electron chi connectivity index (χ1n) is 22.1. The van der Waals surface area contributed by atoms with Gasteiger partial charge in [-0.1, -0.05) is 141 Å². The molecule has 64 heavy (non-hydrogen) atoms. The van der Waals surface area contributed by atoms with Crippen LogP contribution in [0.4, 0.5) is 34.1 Å². The van der Waals surface area contributed by atoms with Gasteiger partial charge in [0.05, 0.1) is 22.7 Å². The maximum Gasteiger partial charge on any atom is 0.151 e. The summed E-state index contributed by atoms with van der Waals surface area (Å²) in [7, 11) is 0. The minimum absolute atomic E-state index is 0.161. The van der Waals surface area contributed by atoms with Crippen LogP contribution in [0.25, 0.3) is 54.9 Å². The van der Waals surface area contributed by atoms with E-state index in [1.165, 1.54) is 71.6 Å². The third kappa shape index (κ3) is 5.36. The van der Waals surface area contributed by atoms with Gasteiger partial charge in [-0.05, 0) is 152 Å². The molecular formula is C60H42N2O2. The molecule has 0 radical (unpaired) electrons. The van der Waals surface area contributed by atoms with Crippen LogP contribution in [-0.4, -0.2) is 0 Å². The van der Waals surface area contributed by atoms with Gasteiger partial charge in [0, 0.05) is 16.8 Å². The summed E-state index contributed by atoms with van der Waals surface area (Å²) in [6.07, 6.45) is 0. The van der Waals surface area contributed by atoms with E-state index >= 15 is 0 Å². The Morgan fingerprint density at radius 2 is 0.781 bits per heavy atom. The fourth-order valence-electron chi connectivity index (χ4n) is 10.7. The fourth-order valence-corrected chi connectivity index (χ4v) is 10.7. The lowest BCUT2D eigenvalue weighted by molar-refractivity contribution is 0.477. The molecule has 0 unspecified atom stereocenters. The number of ether oxygens (including phenoxy) is 2. The summed E-state index contributed by atoms with van der Waals surface area (Å²) in [6.45, 7) is 6.90. The van der Waals surface area contributed by atoms with Crippen molar-refractivity contribution in [3.8, 4) is 56.4 Å². The predicted octanol–water partition coefficient (Wildman–Crippen LogP) is 17.1. The zero-order valence-electron chi connectivity index (χ0n) is 35.8. The van der Waals surface area contributed by atoms with Crippen LogP contribution in [0.2, 0.25) is 0 Å². The van der Waals surface area contributed by atoms with Crippen molar-refractivity contribution in [2.24, 2.45) is 0 Å². The third-order valence-electron chi connectivity index (χ3n) is 13.7. The molecule has 13 rings (SSSR count). The molecule has 0 aromatic heterocycles. The van der Waals surface area contributed by atoms with Gasteiger partial charge in [-0.25, -0.2) is 0 Å². The van der Waals surface area contributed by atoms with Crippen LogP contribution in [0.3, 0.4) is 0 Å². The Hall–Kier alpha value is -8.08. The Labute approximate surface area is 372 Å².